The van der Waals surface area contributed by atoms with Crippen LogP contribution in [0, 0.1) is 0 Å². The maximum atomic E-state index is 5.72. The summed E-state index contributed by atoms with van der Waals surface area (Å²) >= 11 is -0.366. The molecule has 58 valence electrons. The van der Waals surface area contributed by atoms with Crippen molar-refractivity contribution in [1.82, 2.24) is 0 Å². The van der Waals surface area contributed by atoms with Crippen LogP contribution in [-0.4, -0.2) is 21.1 Å². The fraction of sp³-hybridized carbons (Fsp3) is 0.500. The fourth-order valence-electron chi connectivity index (χ4n) is 1.01. The molecule has 2 N–H and O–H groups in total. The van der Waals surface area contributed by atoms with Crippen LogP contribution in [0.25, 0.3) is 0 Å². The Labute approximate surface area is 77.4 Å². The molecule has 0 aromatic carbocycles. The molecule has 0 amide bonds. The van der Waals surface area contributed by atoms with Crippen molar-refractivity contribution >= 4 is 24.7 Å². The van der Waals surface area contributed by atoms with Crippen molar-refractivity contribution in [2.24, 2.45) is 5.73 Å². The summed E-state index contributed by atoms with van der Waals surface area (Å²) in [5.74, 6) is 1.01. The van der Waals surface area contributed by atoms with E-state index in [1.54, 1.807) is 6.26 Å². The van der Waals surface area contributed by atoms with Gasteiger partial charge >= 0.3 is 77.3 Å². The van der Waals surface area contributed by atoms with Crippen LogP contribution < -0.4 is 9.31 Å². The molecule has 0 saturated carbocycles. The van der Waals surface area contributed by atoms with Crippen LogP contribution in [0.4, 0.5) is 0 Å². The Morgan fingerprint density at radius 3 is 3.00 bits per heavy atom. The Morgan fingerprint density at radius 1 is 1.73 bits per heavy atom. The maximum absolute atomic E-state index is 5.72. The zero-order valence-electron chi connectivity index (χ0n) is 6.92. The zero-order valence-corrected chi connectivity index (χ0v) is 9.78. The van der Waals surface area contributed by atoms with E-state index >= 15 is 0 Å². The number of rotatable bonds is 3. The third-order valence-corrected chi connectivity index (χ3v) is 4.75. The first-order valence-corrected chi connectivity index (χ1v) is 7.27. The normalized spacial score (nSPS) is 12.6. The summed E-state index contributed by atoms with van der Waals surface area (Å²) in [6, 6.07) is 2.14. The van der Waals surface area contributed by atoms with Gasteiger partial charge in [0.1, 0.15) is 0 Å². The molecule has 1 heterocycles. The van der Waals surface area contributed by atoms with Crippen molar-refractivity contribution in [1.29, 1.82) is 0 Å². The number of nitrogens with two attached hydrogens (primary N) is 1. The summed E-state index contributed by atoms with van der Waals surface area (Å²) in [6.07, 6.45) is 1.75. The van der Waals surface area contributed by atoms with Gasteiger partial charge in [0.05, 0.1) is 0 Å². The topological polar surface area (TPSA) is 39.2 Å². The van der Waals surface area contributed by atoms with Gasteiger partial charge in [-0.05, 0) is 0 Å². The molecule has 1 atom stereocenters. The third kappa shape index (κ3) is 2.23. The average Bonchev–Trinajstić information content (AvgIpc) is 2.36. The molecule has 0 aliphatic carbocycles. The van der Waals surface area contributed by atoms with Crippen molar-refractivity contribution in [3.05, 3.63) is 18.1 Å². The molecule has 11 heavy (non-hydrogen) atoms. The van der Waals surface area contributed by atoms with E-state index in [0.29, 0.717) is 0 Å². The molecule has 0 aliphatic rings. The Hall–Kier alpha value is 0.0387. The molecule has 1 rings (SSSR count). The van der Waals surface area contributed by atoms with Crippen molar-refractivity contribution in [2.45, 2.75) is 24.3 Å². The molecular formula is C8H13NOSn+2. The number of furan rings is 1. The van der Waals surface area contributed by atoms with E-state index in [1.807, 2.05) is 6.92 Å². The number of hydrogen-bond donors (Lipinski definition) is 1. The molecule has 3 heteroatoms. The van der Waals surface area contributed by atoms with Gasteiger partial charge in [0, 0.05) is 0 Å². The van der Waals surface area contributed by atoms with E-state index in [2.05, 4.69) is 13.0 Å². The van der Waals surface area contributed by atoms with Crippen LogP contribution in [0.1, 0.15) is 25.6 Å². The molecule has 1 unspecified atom stereocenters. The first kappa shape index (κ1) is 9.13. The van der Waals surface area contributed by atoms with E-state index in [1.165, 1.54) is 8.02 Å². The van der Waals surface area contributed by atoms with Crippen LogP contribution in [-0.2, 0) is 0 Å². The molecule has 0 radical (unpaired) electrons. The van der Waals surface area contributed by atoms with Gasteiger partial charge in [-0.1, -0.05) is 0 Å². The van der Waals surface area contributed by atoms with Gasteiger partial charge in [-0.15, -0.1) is 0 Å². The molecule has 2 nitrogen and oxygen atoms in total. The SMILES string of the molecule is C[CH2][Sn+2][c]1ccoc1C(C)N. The van der Waals surface area contributed by atoms with E-state index in [4.69, 9.17) is 10.2 Å². The van der Waals surface area contributed by atoms with Crippen molar-refractivity contribution in [3.8, 4) is 0 Å². The Bertz CT molecular complexity index is 220. The van der Waals surface area contributed by atoms with Crippen LogP contribution in [0.3, 0.4) is 0 Å². The molecule has 0 spiro atoms. The van der Waals surface area contributed by atoms with E-state index in [9.17, 15) is 0 Å². The second-order valence-electron chi connectivity index (χ2n) is 2.52. The van der Waals surface area contributed by atoms with Crippen LogP contribution in [0.2, 0.25) is 4.44 Å². The summed E-state index contributed by atoms with van der Waals surface area (Å²) < 4.78 is 8.03. The Balaban J connectivity index is 2.78. The van der Waals surface area contributed by atoms with Crippen LogP contribution in [0.15, 0.2) is 16.7 Å². The fourth-order valence-corrected chi connectivity index (χ4v) is 3.94. The van der Waals surface area contributed by atoms with Crippen molar-refractivity contribution < 1.29 is 4.42 Å². The van der Waals surface area contributed by atoms with Gasteiger partial charge in [-0.3, -0.25) is 0 Å². The third-order valence-electron chi connectivity index (χ3n) is 1.48. The summed E-state index contributed by atoms with van der Waals surface area (Å²) in [5, 5.41) is 0. The van der Waals surface area contributed by atoms with Gasteiger partial charge < -0.3 is 0 Å². The molecule has 0 fully saturated rings. The van der Waals surface area contributed by atoms with Gasteiger partial charge in [-0.25, -0.2) is 0 Å². The molecule has 1 aromatic heterocycles. The molecule has 0 aliphatic heterocycles. The predicted octanol–water partition coefficient (Wildman–Crippen LogP) is 1.07. The standard InChI is InChI=1S/C6H8NO.C2H5.Sn/c1-5(7)6-3-2-4-8-6;1-2;/h2,4-5H,7H2,1H3;1H2,2H3;/q;;+2. The van der Waals surface area contributed by atoms with Crippen LogP contribution in [0.5, 0.6) is 0 Å². The zero-order chi connectivity index (χ0) is 8.27. The predicted molar refractivity (Wildman–Crippen MR) is 47.2 cm³/mol. The monoisotopic (exact) mass is 259 g/mol. The summed E-state index contributed by atoms with van der Waals surface area (Å²) in [4.78, 5) is 0. The van der Waals surface area contributed by atoms with Gasteiger partial charge in [0.25, 0.3) is 0 Å². The first-order chi connectivity index (χ1) is 5.25. The van der Waals surface area contributed by atoms with Gasteiger partial charge in [0.2, 0.25) is 0 Å². The molecule has 0 saturated heterocycles. The molecule has 0 bridgehead atoms. The van der Waals surface area contributed by atoms with Crippen molar-refractivity contribution in [2.75, 3.05) is 0 Å². The second kappa shape index (κ2) is 4.16. The number of hydrogen-bond acceptors (Lipinski definition) is 2. The van der Waals surface area contributed by atoms with E-state index < -0.39 is 0 Å². The Morgan fingerprint density at radius 2 is 2.45 bits per heavy atom. The average molecular weight is 258 g/mol. The molecule has 1 aromatic rings. The minimum absolute atomic E-state index is 0.0625. The Kier molecular flexibility index (Phi) is 3.45. The quantitative estimate of drug-likeness (QED) is 0.823. The minimum atomic E-state index is -0.366. The summed E-state index contributed by atoms with van der Waals surface area (Å²) in [6.45, 7) is 4.20. The van der Waals surface area contributed by atoms with E-state index in [0.717, 1.165) is 5.76 Å². The van der Waals surface area contributed by atoms with E-state index in [-0.39, 0.29) is 27.2 Å². The van der Waals surface area contributed by atoms with Gasteiger partial charge in [-0.2, -0.15) is 0 Å². The summed E-state index contributed by atoms with van der Waals surface area (Å²) in [7, 11) is 0. The molecular weight excluding hydrogens is 245 g/mol. The van der Waals surface area contributed by atoms with Crippen LogP contribution >= 0.6 is 0 Å². The van der Waals surface area contributed by atoms with Crippen molar-refractivity contribution in [3.63, 3.8) is 0 Å². The first-order valence-electron chi connectivity index (χ1n) is 3.82. The second-order valence-corrected chi connectivity index (χ2v) is 7.08. The van der Waals surface area contributed by atoms with Gasteiger partial charge in [0.15, 0.2) is 0 Å². The summed E-state index contributed by atoms with van der Waals surface area (Å²) in [5.41, 5.74) is 5.72.